The summed E-state index contributed by atoms with van der Waals surface area (Å²) in [7, 11) is -3.80. The Morgan fingerprint density at radius 1 is 1.07 bits per heavy atom. The van der Waals surface area contributed by atoms with E-state index in [4.69, 9.17) is 0 Å². The van der Waals surface area contributed by atoms with Gasteiger partial charge >= 0.3 is 0 Å². The summed E-state index contributed by atoms with van der Waals surface area (Å²) in [5, 5.41) is 9.33. The van der Waals surface area contributed by atoms with Crippen molar-refractivity contribution in [1.82, 2.24) is 9.55 Å². The number of benzene rings is 1. The van der Waals surface area contributed by atoms with Crippen molar-refractivity contribution in [3.05, 3.63) is 48.5 Å². The first-order valence-corrected chi connectivity index (χ1v) is 11.1. The summed E-state index contributed by atoms with van der Waals surface area (Å²) < 4.78 is 55.1. The second-order valence-electron chi connectivity index (χ2n) is 8.58. The fourth-order valence-corrected chi connectivity index (χ4v) is 4.61. The van der Waals surface area contributed by atoms with Gasteiger partial charge in [-0.25, -0.2) is 22.2 Å². The Morgan fingerprint density at radius 2 is 1.70 bits per heavy atom. The summed E-state index contributed by atoms with van der Waals surface area (Å²) in [4.78, 5) is 4.78. The number of pyridine rings is 1. The highest BCUT2D eigenvalue weighted by Crippen LogP contribution is 2.30. The average Bonchev–Trinajstić information content (AvgIpc) is 2.99. The van der Waals surface area contributed by atoms with E-state index in [0.717, 1.165) is 11.7 Å². The molecule has 0 atom stereocenters. The maximum Gasteiger partial charge on any atom is 0.245 e. The molecule has 0 saturated heterocycles. The van der Waals surface area contributed by atoms with E-state index < -0.39 is 15.8 Å². The number of aryl methyl sites for hydroxylation is 1. The van der Waals surface area contributed by atoms with Crippen molar-refractivity contribution in [2.45, 2.75) is 68.2 Å². The number of imidazole rings is 1. The summed E-state index contributed by atoms with van der Waals surface area (Å²) in [6.45, 7) is 7.21. The average molecular weight is 439 g/mol. The van der Waals surface area contributed by atoms with Gasteiger partial charge < -0.3 is 4.57 Å². The summed E-state index contributed by atoms with van der Waals surface area (Å²) in [5.74, 6) is -2.02. The van der Waals surface area contributed by atoms with Crippen molar-refractivity contribution in [2.24, 2.45) is 0 Å². The van der Waals surface area contributed by atoms with Gasteiger partial charge in [0.05, 0.1) is 20.8 Å². The molecule has 0 aliphatic rings. The van der Waals surface area contributed by atoms with Crippen LogP contribution in [0.1, 0.15) is 46.4 Å². The molecule has 0 amide bonds. The number of nitrogens with zero attached hydrogens (tertiary/aromatic N) is 3. The van der Waals surface area contributed by atoms with Crippen molar-refractivity contribution in [3.63, 3.8) is 0 Å². The molecule has 3 rings (SSSR count). The second-order valence-corrected chi connectivity index (χ2v) is 10.5. The Kier molecular flexibility index (Phi) is 5.62. The molecule has 0 aliphatic carbocycles. The molecule has 2 aromatic heterocycles. The van der Waals surface area contributed by atoms with E-state index in [1.807, 2.05) is 25.3 Å². The predicted molar refractivity (Wildman–Crippen MR) is 108 cm³/mol. The lowest BCUT2D eigenvalue weighted by molar-refractivity contribution is -0.905. The summed E-state index contributed by atoms with van der Waals surface area (Å²) in [6.07, 6.45) is 2.52. The molecule has 162 valence electrons. The van der Waals surface area contributed by atoms with Gasteiger partial charge in [-0.15, -0.1) is 0 Å². The first-order valence-electron chi connectivity index (χ1n) is 9.63. The smallest absolute Gasteiger partial charge is 0.245 e. The van der Waals surface area contributed by atoms with Crippen molar-refractivity contribution in [2.75, 3.05) is 0 Å². The fraction of sp³-hybridized carbons (Fsp3) is 0.429. The molecule has 0 unspecified atom stereocenters. The van der Waals surface area contributed by atoms with Gasteiger partial charge in [-0.1, -0.05) is 20.8 Å². The molecule has 0 radical (unpaired) electrons. The van der Waals surface area contributed by atoms with Crippen LogP contribution in [0.2, 0.25) is 0 Å². The summed E-state index contributed by atoms with van der Waals surface area (Å²) >= 11 is 0. The molecule has 0 saturated carbocycles. The van der Waals surface area contributed by atoms with E-state index in [1.54, 1.807) is 6.07 Å². The van der Waals surface area contributed by atoms with Gasteiger partial charge in [0.1, 0.15) is 5.82 Å². The van der Waals surface area contributed by atoms with Crippen LogP contribution in [0.5, 0.6) is 0 Å². The molecular weight excluding hydrogens is 412 g/mol. The molecule has 2 heterocycles. The summed E-state index contributed by atoms with van der Waals surface area (Å²) in [6, 6.07) is 7.29. The van der Waals surface area contributed by atoms with Crippen LogP contribution in [-0.2, 0) is 21.8 Å². The van der Waals surface area contributed by atoms with Gasteiger partial charge in [0.15, 0.2) is 0 Å². The maximum absolute atomic E-state index is 13.3. The highest BCUT2D eigenvalue weighted by atomic mass is 32.2. The zero-order valence-corrected chi connectivity index (χ0v) is 18.2. The number of fused-ring (bicyclic) bond motifs is 1. The number of aromatic nitrogens is 3. The van der Waals surface area contributed by atoms with Crippen LogP contribution in [-0.4, -0.2) is 29.1 Å². The molecular formula is C21H26F2N3O3S+. The van der Waals surface area contributed by atoms with Gasteiger partial charge in [0.25, 0.3) is 0 Å². The van der Waals surface area contributed by atoms with Crippen LogP contribution in [0, 0.1) is 0 Å². The number of sulfone groups is 1. The fourth-order valence-electron chi connectivity index (χ4n) is 3.34. The van der Waals surface area contributed by atoms with Gasteiger partial charge in [-0.3, -0.25) is 5.21 Å². The SMILES string of the molecule is CC(F)(F)CCCn1c(C(C)(C)C)nc2cc(S(=O)(=O)c3cc[n+](O)cc3)ccc21. The Morgan fingerprint density at radius 3 is 2.27 bits per heavy atom. The van der Waals surface area contributed by atoms with Crippen LogP contribution < -0.4 is 4.73 Å². The molecule has 1 aromatic carbocycles. The van der Waals surface area contributed by atoms with Crippen LogP contribution in [0.15, 0.2) is 52.5 Å². The van der Waals surface area contributed by atoms with E-state index in [1.165, 1.54) is 36.7 Å². The Labute approximate surface area is 174 Å². The zero-order chi connectivity index (χ0) is 22.3. The molecule has 0 fully saturated rings. The maximum atomic E-state index is 13.3. The second kappa shape index (κ2) is 7.61. The number of hydrogen-bond acceptors (Lipinski definition) is 4. The van der Waals surface area contributed by atoms with Gasteiger partial charge in [0.2, 0.25) is 28.2 Å². The molecule has 0 spiro atoms. The number of alkyl halides is 2. The highest BCUT2D eigenvalue weighted by molar-refractivity contribution is 7.91. The van der Waals surface area contributed by atoms with E-state index in [-0.39, 0.29) is 28.0 Å². The third-order valence-electron chi connectivity index (χ3n) is 4.79. The van der Waals surface area contributed by atoms with E-state index >= 15 is 0 Å². The van der Waals surface area contributed by atoms with Crippen molar-refractivity contribution >= 4 is 20.9 Å². The monoisotopic (exact) mass is 438 g/mol. The number of rotatable bonds is 6. The summed E-state index contributed by atoms with van der Waals surface area (Å²) in [5.41, 5.74) is 0.859. The van der Waals surface area contributed by atoms with Crippen molar-refractivity contribution < 1.29 is 27.1 Å². The Hall–Kier alpha value is -2.55. The lowest BCUT2D eigenvalue weighted by Gasteiger charge is -2.20. The minimum absolute atomic E-state index is 0.0489. The minimum Gasteiger partial charge on any atom is -0.328 e. The Bertz CT molecular complexity index is 1160. The minimum atomic E-state index is -3.80. The number of hydrogen-bond donors (Lipinski definition) is 1. The lowest BCUT2D eigenvalue weighted by Crippen LogP contribution is -2.28. The molecule has 30 heavy (non-hydrogen) atoms. The first kappa shape index (κ1) is 22.1. The molecule has 0 bridgehead atoms. The van der Waals surface area contributed by atoms with E-state index in [2.05, 4.69) is 4.98 Å². The van der Waals surface area contributed by atoms with Crippen LogP contribution in [0.3, 0.4) is 0 Å². The Balaban J connectivity index is 2.05. The van der Waals surface area contributed by atoms with E-state index in [9.17, 15) is 22.4 Å². The van der Waals surface area contributed by atoms with Crippen molar-refractivity contribution in [1.29, 1.82) is 0 Å². The predicted octanol–water partition coefficient (Wildman–Crippen LogP) is 4.13. The molecule has 3 aromatic rings. The van der Waals surface area contributed by atoms with Crippen molar-refractivity contribution in [3.8, 4) is 0 Å². The quantitative estimate of drug-likeness (QED) is 0.464. The third-order valence-corrected chi connectivity index (χ3v) is 6.56. The van der Waals surface area contributed by atoms with Gasteiger partial charge in [0, 0.05) is 35.2 Å². The molecule has 9 heteroatoms. The van der Waals surface area contributed by atoms with Crippen LogP contribution >= 0.6 is 0 Å². The van der Waals surface area contributed by atoms with Crippen LogP contribution in [0.4, 0.5) is 8.78 Å². The third kappa shape index (κ3) is 4.61. The van der Waals surface area contributed by atoms with E-state index in [0.29, 0.717) is 23.4 Å². The zero-order valence-electron chi connectivity index (χ0n) is 17.4. The normalized spacial score (nSPS) is 13.1. The number of halogens is 2. The lowest BCUT2D eigenvalue weighted by atomic mass is 9.95. The topological polar surface area (TPSA) is 76.1 Å². The largest absolute Gasteiger partial charge is 0.328 e. The van der Waals surface area contributed by atoms with Crippen LogP contribution in [0.25, 0.3) is 11.0 Å². The molecule has 0 aliphatic heterocycles. The molecule has 1 N–H and O–H groups in total. The first-order chi connectivity index (χ1) is 13.8. The highest BCUT2D eigenvalue weighted by Gasteiger charge is 2.26. The molecule has 6 nitrogen and oxygen atoms in total. The standard InChI is InChI=1S/C21H26F2N3O3S/c1-20(2,3)19-24-17-14-16(30(28,29)15-8-12-25(27)13-9-15)6-7-18(17)26(19)11-5-10-21(4,22)23/h6-9,12-14,27H,5,10-11H2,1-4H3/q+1. The van der Waals surface area contributed by atoms with Gasteiger partial charge in [-0.2, -0.15) is 0 Å². The van der Waals surface area contributed by atoms with Gasteiger partial charge in [-0.05, 0) is 31.5 Å².